The number of benzene rings is 1. The topological polar surface area (TPSA) is 55.4 Å². The summed E-state index contributed by atoms with van der Waals surface area (Å²) >= 11 is 0. The first-order chi connectivity index (χ1) is 11.6. The van der Waals surface area contributed by atoms with Gasteiger partial charge in [-0.1, -0.05) is 0 Å². The number of hydrogen-bond acceptors (Lipinski definition) is 3. The molecule has 0 atom stereocenters. The maximum absolute atomic E-state index is 12.9. The summed E-state index contributed by atoms with van der Waals surface area (Å²) in [6.07, 6.45) is -4.40. The van der Waals surface area contributed by atoms with Gasteiger partial charge in [-0.3, -0.25) is 0 Å². The standard InChI is InChI=1S/C15H19F3N3O3S/c1-11-19(2)13-4-3-12(9-14(13)21(11)10-15(16,17)18)25(22,23)20-5-7-24-8-6-20/h3-4,9H,5-8,10H2,1-2H3/q+1. The Balaban J connectivity index is 2.11. The van der Waals surface area contributed by atoms with E-state index in [1.165, 1.54) is 16.4 Å². The molecule has 138 valence electrons. The molecule has 0 unspecified atom stereocenters. The van der Waals surface area contributed by atoms with Gasteiger partial charge in [0.05, 0.1) is 25.2 Å². The molecule has 0 bridgehead atoms. The van der Waals surface area contributed by atoms with Gasteiger partial charge in [-0.05, 0) is 12.1 Å². The van der Waals surface area contributed by atoms with Crippen molar-refractivity contribution in [3.8, 4) is 0 Å². The van der Waals surface area contributed by atoms with Gasteiger partial charge in [-0.25, -0.2) is 17.6 Å². The summed E-state index contributed by atoms with van der Waals surface area (Å²) in [6.45, 7) is 1.48. The normalized spacial score (nSPS) is 17.3. The number of sulfonamides is 1. The van der Waals surface area contributed by atoms with Gasteiger partial charge in [0.2, 0.25) is 10.0 Å². The number of alkyl halides is 3. The van der Waals surface area contributed by atoms with E-state index >= 15 is 0 Å². The third-order valence-electron chi connectivity index (χ3n) is 4.42. The smallest absolute Gasteiger partial charge is 0.379 e. The van der Waals surface area contributed by atoms with Crippen molar-refractivity contribution in [1.29, 1.82) is 0 Å². The minimum atomic E-state index is -4.40. The summed E-state index contributed by atoms with van der Waals surface area (Å²) in [4.78, 5) is -0.0107. The first-order valence-corrected chi connectivity index (χ1v) is 9.19. The molecule has 1 aromatic carbocycles. The highest BCUT2D eigenvalue weighted by Crippen LogP contribution is 2.26. The van der Waals surface area contributed by atoms with Crippen LogP contribution in [-0.4, -0.2) is 49.8 Å². The average molecular weight is 378 g/mol. The van der Waals surface area contributed by atoms with Crippen LogP contribution in [-0.2, 0) is 28.4 Å². The largest absolute Gasteiger partial charge is 0.426 e. The van der Waals surface area contributed by atoms with Crippen LogP contribution in [0.3, 0.4) is 0 Å². The molecule has 25 heavy (non-hydrogen) atoms. The van der Waals surface area contributed by atoms with Crippen molar-refractivity contribution in [3.63, 3.8) is 0 Å². The lowest BCUT2D eigenvalue weighted by atomic mass is 10.3. The van der Waals surface area contributed by atoms with E-state index in [-0.39, 0.29) is 23.5 Å². The van der Waals surface area contributed by atoms with E-state index in [1.807, 2.05) is 0 Å². The second-order valence-electron chi connectivity index (χ2n) is 5.97. The van der Waals surface area contributed by atoms with Gasteiger partial charge in [0, 0.05) is 26.1 Å². The van der Waals surface area contributed by atoms with E-state index in [1.54, 1.807) is 24.6 Å². The van der Waals surface area contributed by atoms with Crippen LogP contribution < -0.4 is 4.57 Å². The molecule has 1 aromatic heterocycles. The molecule has 2 heterocycles. The third-order valence-corrected chi connectivity index (χ3v) is 6.31. The van der Waals surface area contributed by atoms with E-state index in [4.69, 9.17) is 4.74 Å². The van der Waals surface area contributed by atoms with Crippen LogP contribution in [0.5, 0.6) is 0 Å². The number of fused-ring (bicyclic) bond motifs is 1. The van der Waals surface area contributed by atoms with Gasteiger partial charge in [0.15, 0.2) is 17.6 Å². The Morgan fingerprint density at radius 3 is 2.48 bits per heavy atom. The van der Waals surface area contributed by atoms with Crippen molar-refractivity contribution in [2.24, 2.45) is 7.05 Å². The minimum absolute atomic E-state index is 0.0107. The minimum Gasteiger partial charge on any atom is -0.379 e. The lowest BCUT2D eigenvalue weighted by Gasteiger charge is -2.25. The van der Waals surface area contributed by atoms with E-state index in [0.717, 1.165) is 4.57 Å². The van der Waals surface area contributed by atoms with Crippen molar-refractivity contribution in [2.75, 3.05) is 26.3 Å². The fraction of sp³-hybridized carbons (Fsp3) is 0.533. The molecule has 1 fully saturated rings. The van der Waals surface area contributed by atoms with Gasteiger partial charge in [0.1, 0.15) is 0 Å². The van der Waals surface area contributed by atoms with Crippen LogP contribution in [0.25, 0.3) is 11.0 Å². The monoisotopic (exact) mass is 378 g/mol. The van der Waals surface area contributed by atoms with Gasteiger partial charge < -0.3 is 4.74 Å². The fourth-order valence-corrected chi connectivity index (χ4v) is 4.44. The fourth-order valence-electron chi connectivity index (χ4n) is 3.01. The highest BCUT2D eigenvalue weighted by molar-refractivity contribution is 7.89. The molecule has 0 N–H and O–H groups in total. The number of aryl methyl sites for hydroxylation is 1. The maximum atomic E-state index is 12.9. The predicted octanol–water partition coefficient (Wildman–Crippen LogP) is 1.36. The SMILES string of the molecule is Cc1n(CC(F)(F)F)c2cc(S(=O)(=O)N3CCOCC3)ccc2[n+]1C. The molecular formula is C15H19F3N3O3S+. The number of morpholine rings is 1. The molecule has 0 radical (unpaired) electrons. The Morgan fingerprint density at radius 2 is 1.88 bits per heavy atom. The number of nitrogens with zero attached hydrogens (tertiary/aromatic N) is 3. The molecule has 1 aliphatic heterocycles. The first kappa shape index (κ1) is 18.2. The highest BCUT2D eigenvalue weighted by atomic mass is 32.2. The van der Waals surface area contributed by atoms with Crippen LogP contribution in [0.1, 0.15) is 5.82 Å². The second kappa shape index (κ2) is 6.26. The zero-order valence-electron chi connectivity index (χ0n) is 13.9. The Morgan fingerprint density at radius 1 is 1.24 bits per heavy atom. The Bertz CT molecular complexity index is 900. The van der Waals surface area contributed by atoms with Gasteiger partial charge in [0.25, 0.3) is 5.82 Å². The Hall–Kier alpha value is -1.65. The predicted molar refractivity (Wildman–Crippen MR) is 83.5 cm³/mol. The second-order valence-corrected chi connectivity index (χ2v) is 7.91. The van der Waals surface area contributed by atoms with Crippen LogP contribution in [0.15, 0.2) is 23.1 Å². The molecular weight excluding hydrogens is 359 g/mol. The number of hydrogen-bond donors (Lipinski definition) is 0. The van der Waals surface area contributed by atoms with Crippen molar-refractivity contribution in [3.05, 3.63) is 24.0 Å². The molecule has 1 saturated heterocycles. The number of aromatic nitrogens is 2. The van der Waals surface area contributed by atoms with Gasteiger partial charge >= 0.3 is 6.18 Å². The maximum Gasteiger partial charge on any atom is 0.426 e. The van der Waals surface area contributed by atoms with Gasteiger partial charge in [-0.15, -0.1) is 0 Å². The zero-order chi connectivity index (χ0) is 18.4. The lowest BCUT2D eigenvalue weighted by molar-refractivity contribution is -0.652. The van der Waals surface area contributed by atoms with Crippen LogP contribution in [0.2, 0.25) is 0 Å². The molecule has 0 aliphatic carbocycles. The molecule has 6 nitrogen and oxygen atoms in total. The van der Waals surface area contributed by atoms with Crippen LogP contribution in [0, 0.1) is 6.92 Å². The highest BCUT2D eigenvalue weighted by Gasteiger charge is 2.35. The summed E-state index contributed by atoms with van der Waals surface area (Å²) in [5.41, 5.74) is 0.786. The van der Waals surface area contributed by atoms with E-state index in [2.05, 4.69) is 0 Å². The molecule has 1 aliphatic rings. The van der Waals surface area contributed by atoms with E-state index < -0.39 is 22.7 Å². The summed E-state index contributed by atoms with van der Waals surface area (Å²) in [5.74, 6) is 0.397. The van der Waals surface area contributed by atoms with Crippen LogP contribution >= 0.6 is 0 Å². The molecule has 2 aromatic rings. The number of halogens is 3. The van der Waals surface area contributed by atoms with Gasteiger partial charge in [-0.2, -0.15) is 17.5 Å². The summed E-state index contributed by atoms with van der Waals surface area (Å²) in [7, 11) is -2.11. The summed E-state index contributed by atoms with van der Waals surface area (Å²) < 4.78 is 73.4. The number of rotatable bonds is 3. The number of imidazole rings is 1. The molecule has 0 spiro atoms. The quantitative estimate of drug-likeness (QED) is 0.758. The van der Waals surface area contributed by atoms with Crippen molar-refractivity contribution < 1.29 is 30.9 Å². The van der Waals surface area contributed by atoms with Crippen molar-refractivity contribution in [1.82, 2.24) is 8.87 Å². The average Bonchev–Trinajstić information content (AvgIpc) is 2.79. The van der Waals surface area contributed by atoms with Crippen molar-refractivity contribution in [2.45, 2.75) is 24.5 Å². The zero-order valence-corrected chi connectivity index (χ0v) is 14.7. The molecule has 0 saturated carbocycles. The molecule has 0 amide bonds. The Labute approximate surface area is 143 Å². The molecule has 3 rings (SSSR count). The molecule has 10 heteroatoms. The summed E-state index contributed by atoms with van der Waals surface area (Å²) in [5, 5.41) is 0. The first-order valence-electron chi connectivity index (χ1n) is 7.75. The van der Waals surface area contributed by atoms with E-state index in [0.29, 0.717) is 24.6 Å². The Kier molecular flexibility index (Phi) is 4.54. The van der Waals surface area contributed by atoms with E-state index in [9.17, 15) is 21.6 Å². The van der Waals surface area contributed by atoms with Crippen molar-refractivity contribution >= 4 is 21.1 Å². The third kappa shape index (κ3) is 3.38. The number of ether oxygens (including phenoxy) is 1. The van der Waals surface area contributed by atoms with Crippen LogP contribution in [0.4, 0.5) is 13.2 Å². The summed E-state index contributed by atoms with van der Waals surface area (Å²) in [6, 6.07) is 4.30. The lowest BCUT2D eigenvalue weighted by Crippen LogP contribution is -2.40.